The summed E-state index contributed by atoms with van der Waals surface area (Å²) in [6.07, 6.45) is 0. The lowest BCUT2D eigenvalue weighted by molar-refractivity contribution is 0.0758. The molecule has 2 aromatic carbocycles. The van der Waals surface area contributed by atoms with E-state index >= 15 is 0 Å². The van der Waals surface area contributed by atoms with Gasteiger partial charge in [0.15, 0.2) is 0 Å². The van der Waals surface area contributed by atoms with Crippen molar-refractivity contribution in [2.45, 2.75) is 19.5 Å². The Hall–Kier alpha value is -1.82. The molecule has 0 atom stereocenters. The van der Waals surface area contributed by atoms with Crippen LogP contribution < -0.4 is 0 Å². The summed E-state index contributed by atoms with van der Waals surface area (Å²) in [6, 6.07) is 10.4. The number of amides is 1. The van der Waals surface area contributed by atoms with Crippen LogP contribution in [0, 0.1) is 5.82 Å². The van der Waals surface area contributed by atoms with Gasteiger partial charge in [0, 0.05) is 11.1 Å². The van der Waals surface area contributed by atoms with Gasteiger partial charge in [0.1, 0.15) is 22.2 Å². The van der Waals surface area contributed by atoms with E-state index in [4.69, 9.17) is 35.4 Å². The first kappa shape index (κ1) is 18.0. The third-order valence-electron chi connectivity index (χ3n) is 3.83. The van der Waals surface area contributed by atoms with E-state index in [-0.39, 0.29) is 10.9 Å². The molecule has 0 aliphatic carbocycles. The van der Waals surface area contributed by atoms with Gasteiger partial charge < -0.3 is 0 Å². The van der Waals surface area contributed by atoms with Crippen LogP contribution >= 0.6 is 35.4 Å². The number of nitrogens with zero attached hydrogens (tertiary/aromatic N) is 2. The second-order valence-electron chi connectivity index (χ2n) is 6.04. The van der Waals surface area contributed by atoms with Crippen LogP contribution in [0.3, 0.4) is 0 Å². The van der Waals surface area contributed by atoms with Crippen LogP contribution in [0.1, 0.15) is 29.8 Å². The maximum Gasteiger partial charge on any atom is 0.260 e. The molecule has 0 bridgehead atoms. The van der Waals surface area contributed by atoms with E-state index in [1.165, 1.54) is 29.2 Å². The van der Waals surface area contributed by atoms with Gasteiger partial charge in [0.2, 0.25) is 0 Å². The lowest BCUT2D eigenvalue weighted by Gasteiger charge is -2.29. The van der Waals surface area contributed by atoms with Gasteiger partial charge in [-0.2, -0.15) is 0 Å². The molecule has 1 amide bonds. The molecular formula is C18H13Cl2FN2OS. The maximum atomic E-state index is 13.1. The van der Waals surface area contributed by atoms with Crippen LogP contribution in [0.2, 0.25) is 10.0 Å². The SMILES string of the molecule is CC1(C)N=C(c2ccc(Cl)c(Cl)c2)C(=S)N1C(=O)c1ccc(F)cc1. The predicted molar refractivity (Wildman–Crippen MR) is 102 cm³/mol. The Morgan fingerprint density at radius 2 is 1.76 bits per heavy atom. The lowest BCUT2D eigenvalue weighted by Crippen LogP contribution is -2.46. The Bertz CT molecular complexity index is 910. The topological polar surface area (TPSA) is 32.7 Å². The van der Waals surface area contributed by atoms with Gasteiger partial charge in [0.05, 0.1) is 10.0 Å². The highest BCUT2D eigenvalue weighted by Crippen LogP contribution is 2.31. The number of aliphatic imine (C=N–C) groups is 1. The smallest absolute Gasteiger partial charge is 0.260 e. The molecule has 0 unspecified atom stereocenters. The van der Waals surface area contributed by atoms with Crippen molar-refractivity contribution in [3.05, 3.63) is 69.5 Å². The Kier molecular flexibility index (Phi) is 4.66. The molecule has 1 heterocycles. The molecule has 3 rings (SSSR count). The number of carbonyl (C=O) groups excluding carboxylic acids is 1. The highest BCUT2D eigenvalue weighted by atomic mass is 35.5. The minimum absolute atomic E-state index is 0.290. The van der Waals surface area contributed by atoms with Crippen LogP contribution in [-0.4, -0.2) is 27.2 Å². The standard InChI is InChI=1S/C18H13Cl2FN2OS/c1-18(2)22-15(11-5-8-13(19)14(20)9-11)17(25)23(18)16(24)10-3-6-12(21)7-4-10/h3-9H,1-2H3. The summed E-state index contributed by atoms with van der Waals surface area (Å²) in [5, 5.41) is 0.805. The lowest BCUT2D eigenvalue weighted by atomic mass is 10.1. The van der Waals surface area contributed by atoms with Crippen molar-refractivity contribution in [1.29, 1.82) is 0 Å². The molecule has 0 saturated carbocycles. The third-order valence-corrected chi connectivity index (χ3v) is 4.94. The van der Waals surface area contributed by atoms with E-state index in [0.717, 1.165) is 0 Å². The van der Waals surface area contributed by atoms with Gasteiger partial charge in [-0.15, -0.1) is 0 Å². The summed E-state index contributed by atoms with van der Waals surface area (Å²) in [7, 11) is 0. The van der Waals surface area contributed by atoms with Gasteiger partial charge in [0.25, 0.3) is 5.91 Å². The molecule has 0 spiro atoms. The summed E-state index contributed by atoms with van der Waals surface area (Å²) in [6.45, 7) is 3.57. The normalized spacial score (nSPS) is 16.1. The molecule has 25 heavy (non-hydrogen) atoms. The van der Waals surface area contributed by atoms with E-state index < -0.39 is 11.5 Å². The van der Waals surface area contributed by atoms with Crippen molar-refractivity contribution in [2.75, 3.05) is 0 Å². The van der Waals surface area contributed by atoms with Crippen LogP contribution in [0.15, 0.2) is 47.5 Å². The zero-order valence-electron chi connectivity index (χ0n) is 13.4. The number of rotatable bonds is 2. The van der Waals surface area contributed by atoms with Crippen molar-refractivity contribution >= 4 is 52.0 Å². The van der Waals surface area contributed by atoms with Crippen molar-refractivity contribution in [3.8, 4) is 0 Å². The molecule has 1 aliphatic heterocycles. The number of benzene rings is 2. The Balaban J connectivity index is 1.98. The van der Waals surface area contributed by atoms with Gasteiger partial charge in [-0.3, -0.25) is 14.7 Å². The quantitative estimate of drug-likeness (QED) is 0.660. The third kappa shape index (κ3) is 3.32. The van der Waals surface area contributed by atoms with Crippen molar-refractivity contribution in [2.24, 2.45) is 4.99 Å². The molecular weight excluding hydrogens is 382 g/mol. The Morgan fingerprint density at radius 3 is 2.36 bits per heavy atom. The number of hydrogen-bond acceptors (Lipinski definition) is 3. The minimum atomic E-state index is -0.871. The molecule has 2 aromatic rings. The first-order chi connectivity index (χ1) is 11.7. The largest absolute Gasteiger partial charge is 0.272 e. The fourth-order valence-corrected chi connectivity index (χ4v) is 3.39. The molecule has 7 heteroatoms. The summed E-state index contributed by atoms with van der Waals surface area (Å²) >= 11 is 17.5. The maximum absolute atomic E-state index is 13.1. The van der Waals surface area contributed by atoms with Crippen molar-refractivity contribution in [1.82, 2.24) is 4.90 Å². The molecule has 0 fully saturated rings. The van der Waals surface area contributed by atoms with Crippen LogP contribution in [0.4, 0.5) is 4.39 Å². The molecule has 0 saturated heterocycles. The molecule has 128 valence electrons. The van der Waals surface area contributed by atoms with E-state index in [0.29, 0.717) is 26.9 Å². The number of hydrogen-bond donors (Lipinski definition) is 0. The predicted octanol–water partition coefficient (Wildman–Crippen LogP) is 5.14. The summed E-state index contributed by atoms with van der Waals surface area (Å²) < 4.78 is 13.1. The Labute approximate surface area is 160 Å². The second-order valence-corrected chi connectivity index (χ2v) is 7.24. The minimum Gasteiger partial charge on any atom is -0.272 e. The average Bonchev–Trinajstić information content (AvgIpc) is 2.79. The highest BCUT2D eigenvalue weighted by Gasteiger charge is 2.42. The van der Waals surface area contributed by atoms with E-state index in [1.54, 1.807) is 32.0 Å². The molecule has 3 nitrogen and oxygen atoms in total. The number of carbonyl (C=O) groups is 1. The summed E-state index contributed by atoms with van der Waals surface area (Å²) in [4.78, 5) is 19.2. The molecule has 0 N–H and O–H groups in total. The fourth-order valence-electron chi connectivity index (χ4n) is 2.62. The van der Waals surface area contributed by atoms with Crippen LogP contribution in [-0.2, 0) is 0 Å². The summed E-state index contributed by atoms with van der Waals surface area (Å²) in [5.74, 6) is -0.749. The monoisotopic (exact) mass is 394 g/mol. The molecule has 0 aromatic heterocycles. The zero-order valence-corrected chi connectivity index (χ0v) is 15.7. The number of halogens is 3. The van der Waals surface area contributed by atoms with E-state index in [9.17, 15) is 9.18 Å². The van der Waals surface area contributed by atoms with Gasteiger partial charge in [-0.1, -0.05) is 41.5 Å². The highest BCUT2D eigenvalue weighted by molar-refractivity contribution is 7.82. The van der Waals surface area contributed by atoms with Crippen LogP contribution in [0.25, 0.3) is 0 Å². The molecule has 1 aliphatic rings. The fraction of sp³-hybridized carbons (Fsp3) is 0.167. The average molecular weight is 395 g/mol. The summed E-state index contributed by atoms with van der Waals surface area (Å²) in [5.41, 5.74) is 0.641. The second kappa shape index (κ2) is 6.48. The van der Waals surface area contributed by atoms with Crippen molar-refractivity contribution < 1.29 is 9.18 Å². The van der Waals surface area contributed by atoms with Gasteiger partial charge >= 0.3 is 0 Å². The Morgan fingerprint density at radius 1 is 1.12 bits per heavy atom. The first-order valence-corrected chi connectivity index (χ1v) is 8.57. The van der Waals surface area contributed by atoms with Gasteiger partial charge in [-0.05, 0) is 50.2 Å². The molecule has 0 radical (unpaired) electrons. The van der Waals surface area contributed by atoms with Gasteiger partial charge in [-0.25, -0.2) is 4.39 Å². The van der Waals surface area contributed by atoms with Crippen LogP contribution in [0.5, 0.6) is 0 Å². The van der Waals surface area contributed by atoms with E-state index in [1.807, 2.05) is 0 Å². The van der Waals surface area contributed by atoms with Crippen molar-refractivity contribution in [3.63, 3.8) is 0 Å². The first-order valence-electron chi connectivity index (χ1n) is 7.40. The number of thiocarbonyl (C=S) groups is 1. The zero-order chi connectivity index (χ0) is 18.4. The van der Waals surface area contributed by atoms with E-state index in [2.05, 4.69) is 4.99 Å².